The highest BCUT2D eigenvalue weighted by Gasteiger charge is 2.11. The van der Waals surface area contributed by atoms with Crippen LogP contribution < -0.4 is 15.2 Å². The van der Waals surface area contributed by atoms with E-state index >= 15 is 0 Å². The van der Waals surface area contributed by atoms with Gasteiger partial charge in [-0.05, 0) is 37.3 Å². The van der Waals surface area contributed by atoms with Gasteiger partial charge in [-0.1, -0.05) is 18.2 Å². The van der Waals surface area contributed by atoms with Gasteiger partial charge in [-0.15, -0.1) is 0 Å². The highest BCUT2D eigenvalue weighted by molar-refractivity contribution is 6.10. The van der Waals surface area contributed by atoms with Crippen LogP contribution in [0, 0.1) is 0 Å². The van der Waals surface area contributed by atoms with Crippen molar-refractivity contribution in [2.24, 2.45) is 0 Å². The van der Waals surface area contributed by atoms with Crippen LogP contribution in [0.25, 0.3) is 0 Å². The van der Waals surface area contributed by atoms with Crippen LogP contribution in [0.1, 0.15) is 27.6 Å². The van der Waals surface area contributed by atoms with Crippen LogP contribution in [0.3, 0.4) is 0 Å². The van der Waals surface area contributed by atoms with Crippen molar-refractivity contribution in [2.45, 2.75) is 6.92 Å². The summed E-state index contributed by atoms with van der Waals surface area (Å²) in [5.74, 6) is -1.18. The smallest absolute Gasteiger partial charge is 0.256 e. The molecule has 0 atom stereocenters. The number of nitrogens with one attached hydrogen (secondary N) is 1. The lowest BCUT2D eigenvalue weighted by Crippen LogP contribution is -2.26. The third-order valence-electron chi connectivity index (χ3n) is 2.81. The number of carboxylic acids is 1. The summed E-state index contributed by atoms with van der Waals surface area (Å²) in [4.78, 5) is 23.1. The van der Waals surface area contributed by atoms with E-state index in [2.05, 4.69) is 5.32 Å². The second-order valence-corrected chi connectivity index (χ2v) is 4.24. The van der Waals surface area contributed by atoms with Crippen molar-refractivity contribution in [3.63, 3.8) is 0 Å². The van der Waals surface area contributed by atoms with E-state index < -0.39 is 11.9 Å². The van der Waals surface area contributed by atoms with E-state index in [0.29, 0.717) is 18.0 Å². The zero-order valence-corrected chi connectivity index (χ0v) is 11.5. The van der Waals surface area contributed by atoms with Crippen LogP contribution in [0.4, 0.5) is 5.69 Å². The molecule has 0 spiro atoms. The summed E-state index contributed by atoms with van der Waals surface area (Å²) in [5.41, 5.74) is 0.476. The van der Waals surface area contributed by atoms with Crippen molar-refractivity contribution >= 4 is 17.6 Å². The van der Waals surface area contributed by atoms with Crippen LogP contribution >= 0.6 is 0 Å². The Morgan fingerprint density at radius 1 is 1.05 bits per heavy atom. The SMILES string of the molecule is CCOc1ccc(NC(=O)c2ccccc2C(=O)[O-])cc1. The molecule has 0 unspecified atom stereocenters. The fraction of sp³-hybridized carbons (Fsp3) is 0.125. The zero-order valence-electron chi connectivity index (χ0n) is 11.5. The predicted octanol–water partition coefficient (Wildman–Crippen LogP) is 1.70. The number of ether oxygens (including phenoxy) is 1. The maximum Gasteiger partial charge on any atom is 0.256 e. The first-order valence-corrected chi connectivity index (χ1v) is 6.46. The number of hydrogen-bond donors (Lipinski definition) is 1. The maximum atomic E-state index is 12.1. The number of amides is 1. The van der Waals surface area contributed by atoms with Crippen molar-refractivity contribution in [3.05, 3.63) is 59.7 Å². The Bertz CT molecular complexity index is 650. The van der Waals surface area contributed by atoms with Gasteiger partial charge in [0.05, 0.1) is 12.6 Å². The Morgan fingerprint density at radius 3 is 2.24 bits per heavy atom. The van der Waals surface area contributed by atoms with E-state index in [0.717, 1.165) is 0 Å². The van der Waals surface area contributed by atoms with Gasteiger partial charge in [0, 0.05) is 16.8 Å². The molecule has 0 radical (unpaired) electrons. The van der Waals surface area contributed by atoms with Gasteiger partial charge in [0.25, 0.3) is 5.91 Å². The molecule has 108 valence electrons. The van der Waals surface area contributed by atoms with Crippen molar-refractivity contribution in [3.8, 4) is 5.75 Å². The van der Waals surface area contributed by atoms with Gasteiger partial charge >= 0.3 is 0 Å². The van der Waals surface area contributed by atoms with Gasteiger partial charge in [-0.3, -0.25) is 4.79 Å². The highest BCUT2D eigenvalue weighted by Crippen LogP contribution is 2.17. The summed E-state index contributed by atoms with van der Waals surface area (Å²) in [6.07, 6.45) is 0. The van der Waals surface area contributed by atoms with Gasteiger partial charge in [0.2, 0.25) is 0 Å². The Balaban J connectivity index is 2.16. The molecule has 0 saturated heterocycles. The first-order chi connectivity index (χ1) is 10.1. The molecule has 5 heteroatoms. The van der Waals surface area contributed by atoms with E-state index in [9.17, 15) is 14.7 Å². The summed E-state index contributed by atoms with van der Waals surface area (Å²) < 4.78 is 5.30. The Labute approximate surface area is 122 Å². The van der Waals surface area contributed by atoms with Crippen molar-refractivity contribution in [1.82, 2.24) is 0 Å². The number of carboxylic acid groups (broad SMARTS) is 1. The average molecular weight is 284 g/mol. The molecule has 0 heterocycles. The van der Waals surface area contributed by atoms with Gasteiger partial charge in [0.15, 0.2) is 0 Å². The van der Waals surface area contributed by atoms with Gasteiger partial charge in [0.1, 0.15) is 5.75 Å². The van der Waals surface area contributed by atoms with Crippen LogP contribution in [0.2, 0.25) is 0 Å². The van der Waals surface area contributed by atoms with Crippen molar-refractivity contribution in [2.75, 3.05) is 11.9 Å². The zero-order chi connectivity index (χ0) is 15.2. The fourth-order valence-corrected chi connectivity index (χ4v) is 1.86. The van der Waals surface area contributed by atoms with Crippen LogP contribution in [0.5, 0.6) is 5.75 Å². The molecule has 0 aliphatic carbocycles. The summed E-state index contributed by atoms with van der Waals surface area (Å²) in [7, 11) is 0. The van der Waals surface area contributed by atoms with Gasteiger partial charge < -0.3 is 20.0 Å². The Morgan fingerprint density at radius 2 is 1.67 bits per heavy atom. The van der Waals surface area contributed by atoms with E-state index in [4.69, 9.17) is 4.74 Å². The molecule has 2 aromatic rings. The average Bonchev–Trinajstić information content (AvgIpc) is 2.49. The molecular weight excluding hydrogens is 270 g/mol. The van der Waals surface area contributed by atoms with Gasteiger partial charge in [-0.25, -0.2) is 0 Å². The molecule has 21 heavy (non-hydrogen) atoms. The molecule has 0 aliphatic heterocycles. The Hall–Kier alpha value is -2.82. The predicted molar refractivity (Wildman–Crippen MR) is 76.3 cm³/mol. The van der Waals surface area contributed by atoms with Crippen LogP contribution in [-0.2, 0) is 0 Å². The van der Waals surface area contributed by atoms with E-state index in [-0.39, 0.29) is 11.1 Å². The number of aromatic carboxylic acids is 1. The first-order valence-electron chi connectivity index (χ1n) is 6.46. The third-order valence-corrected chi connectivity index (χ3v) is 2.81. The lowest BCUT2D eigenvalue weighted by Gasteiger charge is -2.11. The quantitative estimate of drug-likeness (QED) is 0.906. The molecule has 2 aromatic carbocycles. The van der Waals surface area contributed by atoms with Crippen LogP contribution in [0.15, 0.2) is 48.5 Å². The molecule has 0 fully saturated rings. The number of hydrogen-bond acceptors (Lipinski definition) is 4. The number of anilines is 1. The summed E-state index contributed by atoms with van der Waals surface area (Å²) >= 11 is 0. The number of rotatable bonds is 5. The standard InChI is InChI=1S/C16H15NO4/c1-2-21-12-9-7-11(8-10-12)17-15(18)13-5-3-4-6-14(13)16(19)20/h3-10H,2H2,1H3,(H,17,18)(H,19,20)/p-1. The molecule has 1 amide bonds. The molecule has 1 N–H and O–H groups in total. The van der Waals surface area contributed by atoms with Crippen molar-refractivity contribution < 1.29 is 19.4 Å². The lowest BCUT2D eigenvalue weighted by molar-refractivity contribution is -0.255. The normalized spacial score (nSPS) is 9.95. The molecule has 0 aliphatic rings. The number of benzene rings is 2. The van der Waals surface area contributed by atoms with E-state index in [1.807, 2.05) is 6.92 Å². The topological polar surface area (TPSA) is 78.5 Å². The van der Waals surface area contributed by atoms with E-state index in [1.54, 1.807) is 36.4 Å². The minimum Gasteiger partial charge on any atom is -0.545 e. The molecule has 0 bridgehead atoms. The molecule has 2 rings (SSSR count). The monoisotopic (exact) mass is 284 g/mol. The highest BCUT2D eigenvalue weighted by atomic mass is 16.5. The fourth-order valence-electron chi connectivity index (χ4n) is 1.86. The lowest BCUT2D eigenvalue weighted by atomic mass is 10.1. The third kappa shape index (κ3) is 3.60. The minimum absolute atomic E-state index is 0.0615. The summed E-state index contributed by atoms with van der Waals surface area (Å²) in [5, 5.41) is 13.6. The Kier molecular flexibility index (Phi) is 4.56. The summed E-state index contributed by atoms with van der Waals surface area (Å²) in [6, 6.07) is 12.7. The first kappa shape index (κ1) is 14.6. The second-order valence-electron chi connectivity index (χ2n) is 4.24. The molecule has 0 saturated carbocycles. The molecular formula is C16H14NO4-. The van der Waals surface area contributed by atoms with Crippen molar-refractivity contribution in [1.29, 1.82) is 0 Å². The second kappa shape index (κ2) is 6.56. The number of carbonyl (C=O) groups excluding carboxylic acids is 2. The molecule has 0 aromatic heterocycles. The molecule has 5 nitrogen and oxygen atoms in total. The largest absolute Gasteiger partial charge is 0.545 e. The van der Waals surface area contributed by atoms with Gasteiger partial charge in [-0.2, -0.15) is 0 Å². The maximum absolute atomic E-state index is 12.1. The minimum atomic E-state index is -1.38. The van der Waals surface area contributed by atoms with Crippen LogP contribution in [-0.4, -0.2) is 18.5 Å². The van der Waals surface area contributed by atoms with E-state index in [1.165, 1.54) is 12.1 Å². The summed E-state index contributed by atoms with van der Waals surface area (Å²) in [6.45, 7) is 2.44. The number of carbonyl (C=O) groups is 2.